The van der Waals surface area contributed by atoms with Crippen molar-refractivity contribution in [3.8, 4) is 6.07 Å². The first-order valence-corrected chi connectivity index (χ1v) is 7.96. The average Bonchev–Trinajstić information content (AvgIpc) is 3.15. The summed E-state index contributed by atoms with van der Waals surface area (Å²) < 4.78 is 1.10. The summed E-state index contributed by atoms with van der Waals surface area (Å²) in [4.78, 5) is 1.25. The largest absolute Gasteiger partial charge is 0.297 e. The van der Waals surface area contributed by atoms with Crippen molar-refractivity contribution in [3.05, 3.63) is 28.7 Å². The molecule has 1 N–H and O–H groups in total. The highest BCUT2D eigenvalue weighted by molar-refractivity contribution is 9.10. The highest BCUT2D eigenvalue weighted by atomic mass is 79.9. The predicted molar refractivity (Wildman–Crippen MR) is 79.7 cm³/mol. The van der Waals surface area contributed by atoms with Gasteiger partial charge in [0.05, 0.1) is 6.07 Å². The minimum atomic E-state index is -0.371. The molecular formula is C14H17BrN2S. The Morgan fingerprint density at radius 2 is 2.11 bits per heavy atom. The normalized spacial score (nSPS) is 18.1. The maximum Gasteiger partial charge on any atom is 0.104 e. The molecule has 1 unspecified atom stereocenters. The van der Waals surface area contributed by atoms with Crippen molar-refractivity contribution in [1.82, 2.24) is 5.32 Å². The number of rotatable bonds is 6. The Morgan fingerprint density at radius 1 is 1.44 bits per heavy atom. The van der Waals surface area contributed by atoms with Crippen LogP contribution in [-0.4, -0.2) is 17.3 Å². The molecule has 0 saturated heterocycles. The number of thioether (sulfide) groups is 1. The SMILES string of the molecule is CC(C#N)(CCSc1ccc(Br)cc1)NC1CC1. The molecule has 1 aromatic rings. The molecule has 1 aliphatic rings. The van der Waals surface area contributed by atoms with Gasteiger partial charge in [-0.2, -0.15) is 5.26 Å². The van der Waals surface area contributed by atoms with Gasteiger partial charge < -0.3 is 0 Å². The molecule has 2 nitrogen and oxygen atoms in total. The van der Waals surface area contributed by atoms with E-state index in [4.69, 9.17) is 0 Å². The van der Waals surface area contributed by atoms with Crippen LogP contribution in [-0.2, 0) is 0 Å². The van der Waals surface area contributed by atoms with E-state index in [1.165, 1.54) is 17.7 Å². The van der Waals surface area contributed by atoms with Gasteiger partial charge >= 0.3 is 0 Å². The topological polar surface area (TPSA) is 35.8 Å². The Morgan fingerprint density at radius 3 is 2.67 bits per heavy atom. The quantitative estimate of drug-likeness (QED) is 0.804. The molecule has 1 fully saturated rings. The summed E-state index contributed by atoms with van der Waals surface area (Å²) in [6, 6.07) is 11.3. The Hall–Kier alpha value is -0.500. The van der Waals surface area contributed by atoms with Gasteiger partial charge in [0.15, 0.2) is 0 Å². The molecule has 96 valence electrons. The van der Waals surface area contributed by atoms with E-state index in [2.05, 4.69) is 39.4 Å². The second kappa shape index (κ2) is 6.10. The Balaban J connectivity index is 1.79. The zero-order valence-corrected chi connectivity index (χ0v) is 12.9. The van der Waals surface area contributed by atoms with Crippen LogP contribution in [0.15, 0.2) is 33.6 Å². The summed E-state index contributed by atoms with van der Waals surface area (Å²) in [5.41, 5.74) is -0.371. The van der Waals surface area contributed by atoms with Gasteiger partial charge in [-0.25, -0.2) is 0 Å². The first-order valence-electron chi connectivity index (χ1n) is 6.19. The first kappa shape index (κ1) is 13.9. The number of benzene rings is 1. The predicted octanol–water partition coefficient (Wildman–Crippen LogP) is 3.97. The molecule has 1 atom stereocenters. The van der Waals surface area contributed by atoms with Crippen molar-refractivity contribution in [1.29, 1.82) is 5.26 Å². The fourth-order valence-corrected chi connectivity index (χ4v) is 3.08. The Labute approximate surface area is 121 Å². The van der Waals surface area contributed by atoms with E-state index < -0.39 is 0 Å². The lowest BCUT2D eigenvalue weighted by Crippen LogP contribution is -2.42. The van der Waals surface area contributed by atoms with Crippen LogP contribution in [0.3, 0.4) is 0 Å². The van der Waals surface area contributed by atoms with Gasteiger partial charge in [-0.05, 0) is 50.5 Å². The van der Waals surface area contributed by atoms with E-state index in [1.807, 2.05) is 19.1 Å². The molecule has 0 radical (unpaired) electrons. The van der Waals surface area contributed by atoms with Gasteiger partial charge in [0.1, 0.15) is 5.54 Å². The van der Waals surface area contributed by atoms with Crippen molar-refractivity contribution in [2.45, 2.75) is 42.7 Å². The Kier molecular flexibility index (Phi) is 4.71. The smallest absolute Gasteiger partial charge is 0.104 e. The number of halogens is 1. The third-order valence-corrected chi connectivity index (χ3v) is 4.57. The molecule has 2 rings (SSSR count). The number of nitrogens with one attached hydrogen (secondary N) is 1. The van der Waals surface area contributed by atoms with Crippen molar-refractivity contribution in [3.63, 3.8) is 0 Å². The zero-order valence-electron chi connectivity index (χ0n) is 10.4. The van der Waals surface area contributed by atoms with E-state index in [1.54, 1.807) is 11.8 Å². The second-order valence-corrected chi connectivity index (χ2v) is 7.00. The van der Waals surface area contributed by atoms with Crippen molar-refractivity contribution < 1.29 is 0 Å². The van der Waals surface area contributed by atoms with Gasteiger partial charge in [-0.3, -0.25) is 5.32 Å². The molecular weight excluding hydrogens is 308 g/mol. The number of nitrogens with zero attached hydrogens (tertiary/aromatic N) is 1. The second-order valence-electron chi connectivity index (χ2n) is 4.91. The fraction of sp³-hybridized carbons (Fsp3) is 0.500. The third-order valence-electron chi connectivity index (χ3n) is 3.03. The lowest BCUT2D eigenvalue weighted by Gasteiger charge is -2.22. The minimum Gasteiger partial charge on any atom is -0.297 e. The highest BCUT2D eigenvalue weighted by Crippen LogP contribution is 2.27. The van der Waals surface area contributed by atoms with Crippen LogP contribution in [0, 0.1) is 11.3 Å². The minimum absolute atomic E-state index is 0.371. The number of nitriles is 1. The first-order chi connectivity index (χ1) is 8.61. The van der Waals surface area contributed by atoms with Crippen LogP contribution >= 0.6 is 27.7 Å². The monoisotopic (exact) mass is 324 g/mol. The molecule has 0 amide bonds. The van der Waals surface area contributed by atoms with Gasteiger partial charge in [-0.15, -0.1) is 11.8 Å². The third kappa shape index (κ3) is 4.31. The lowest BCUT2D eigenvalue weighted by molar-refractivity contribution is 0.434. The van der Waals surface area contributed by atoms with Crippen molar-refractivity contribution in [2.75, 3.05) is 5.75 Å². The lowest BCUT2D eigenvalue weighted by atomic mass is 10.0. The summed E-state index contributed by atoms with van der Waals surface area (Å²) in [5.74, 6) is 0.964. The van der Waals surface area contributed by atoms with Gasteiger partial charge in [0, 0.05) is 21.2 Å². The molecule has 0 spiro atoms. The number of hydrogen-bond donors (Lipinski definition) is 1. The fourth-order valence-electron chi connectivity index (χ4n) is 1.74. The van der Waals surface area contributed by atoms with Gasteiger partial charge in [0.2, 0.25) is 0 Å². The maximum absolute atomic E-state index is 9.27. The van der Waals surface area contributed by atoms with E-state index in [-0.39, 0.29) is 5.54 Å². The van der Waals surface area contributed by atoms with Gasteiger partial charge in [-0.1, -0.05) is 15.9 Å². The molecule has 0 aliphatic heterocycles. The van der Waals surface area contributed by atoms with Crippen LogP contribution < -0.4 is 5.32 Å². The molecule has 1 aromatic carbocycles. The number of hydrogen-bond acceptors (Lipinski definition) is 3. The van der Waals surface area contributed by atoms with E-state index in [0.29, 0.717) is 6.04 Å². The van der Waals surface area contributed by atoms with Crippen LogP contribution in [0.25, 0.3) is 0 Å². The summed E-state index contributed by atoms with van der Waals surface area (Å²) in [7, 11) is 0. The molecule has 0 bridgehead atoms. The van der Waals surface area contributed by atoms with E-state index in [9.17, 15) is 5.26 Å². The average molecular weight is 325 g/mol. The molecule has 4 heteroatoms. The highest BCUT2D eigenvalue weighted by Gasteiger charge is 2.31. The molecule has 0 aromatic heterocycles. The summed E-state index contributed by atoms with van der Waals surface area (Å²) in [5, 5.41) is 12.7. The summed E-state index contributed by atoms with van der Waals surface area (Å²) in [6.45, 7) is 2.01. The molecule has 1 aliphatic carbocycles. The van der Waals surface area contributed by atoms with Gasteiger partial charge in [0.25, 0.3) is 0 Å². The molecule has 1 saturated carbocycles. The van der Waals surface area contributed by atoms with E-state index in [0.717, 1.165) is 16.6 Å². The van der Waals surface area contributed by atoms with Crippen LogP contribution in [0.1, 0.15) is 26.2 Å². The zero-order chi connectivity index (χ0) is 13.0. The van der Waals surface area contributed by atoms with Crippen LogP contribution in [0.5, 0.6) is 0 Å². The maximum atomic E-state index is 9.27. The standard InChI is InChI=1S/C14H17BrN2S/c1-14(10-16,17-12-4-5-12)8-9-18-13-6-2-11(15)3-7-13/h2-3,6-7,12,17H,4-5,8-9H2,1H3. The van der Waals surface area contributed by atoms with E-state index >= 15 is 0 Å². The van der Waals surface area contributed by atoms with Crippen molar-refractivity contribution >= 4 is 27.7 Å². The Bertz CT molecular complexity index is 436. The summed E-state index contributed by atoms with van der Waals surface area (Å²) in [6.07, 6.45) is 3.31. The summed E-state index contributed by atoms with van der Waals surface area (Å²) >= 11 is 5.24. The van der Waals surface area contributed by atoms with Crippen LogP contribution in [0.4, 0.5) is 0 Å². The molecule has 18 heavy (non-hydrogen) atoms. The van der Waals surface area contributed by atoms with Crippen LogP contribution in [0.2, 0.25) is 0 Å². The van der Waals surface area contributed by atoms with Crippen molar-refractivity contribution in [2.24, 2.45) is 0 Å². The molecule has 0 heterocycles.